The number of halogens is 1. The highest BCUT2D eigenvalue weighted by Gasteiger charge is 2.34. The average molecular weight is 284 g/mol. The lowest BCUT2D eigenvalue weighted by molar-refractivity contribution is 0.145. The molecule has 1 saturated carbocycles. The Kier molecular flexibility index (Phi) is 3.38. The second-order valence-corrected chi connectivity index (χ2v) is 5.50. The maximum Gasteiger partial charge on any atom is 0.0750 e. The maximum absolute atomic E-state index is 5.90. The summed E-state index contributed by atoms with van der Waals surface area (Å²) in [5.74, 6) is 0. The van der Waals surface area contributed by atoms with E-state index in [0.717, 1.165) is 16.7 Å². The van der Waals surface area contributed by atoms with Crippen molar-refractivity contribution in [2.24, 2.45) is 5.41 Å². The molecule has 0 amide bonds. The Morgan fingerprint density at radius 1 is 1.50 bits per heavy atom. The topological polar surface area (TPSA) is 50.9 Å². The molecule has 1 aliphatic rings. The first-order valence-corrected chi connectivity index (χ1v) is 6.59. The Morgan fingerprint density at radius 2 is 2.25 bits per heavy atom. The molecule has 2 rings (SSSR count). The first-order valence-electron chi connectivity index (χ1n) is 5.80. The van der Waals surface area contributed by atoms with Crippen LogP contribution in [-0.2, 0) is 0 Å². The molecule has 16 heavy (non-hydrogen) atoms. The average Bonchev–Trinajstić information content (AvgIpc) is 2.20. The summed E-state index contributed by atoms with van der Waals surface area (Å²) in [5.41, 5.74) is 8.08. The monoisotopic (exact) mass is 283 g/mol. The standard InChI is InChI=1S/C12H18BrN3/c1-2-12(4-3-5-12)8-16-11-9(13)6-15-7-10(11)14/h6-7H,2-5,8,14H2,1H3,(H,15,16). The normalized spacial score (nSPS) is 17.9. The molecule has 1 fully saturated rings. The van der Waals surface area contributed by atoms with Gasteiger partial charge in [0.15, 0.2) is 0 Å². The Morgan fingerprint density at radius 3 is 2.75 bits per heavy atom. The van der Waals surface area contributed by atoms with Crippen LogP contribution in [0.5, 0.6) is 0 Å². The molecule has 1 aromatic heterocycles. The van der Waals surface area contributed by atoms with Gasteiger partial charge in [-0.3, -0.25) is 4.98 Å². The number of rotatable bonds is 4. The summed E-state index contributed by atoms with van der Waals surface area (Å²) in [4.78, 5) is 4.03. The zero-order valence-electron chi connectivity index (χ0n) is 9.59. The fraction of sp³-hybridized carbons (Fsp3) is 0.583. The van der Waals surface area contributed by atoms with E-state index in [-0.39, 0.29) is 0 Å². The highest BCUT2D eigenvalue weighted by Crippen LogP contribution is 2.44. The third kappa shape index (κ3) is 2.17. The molecule has 0 radical (unpaired) electrons. The van der Waals surface area contributed by atoms with Crippen LogP contribution in [0.2, 0.25) is 0 Å². The molecule has 3 nitrogen and oxygen atoms in total. The van der Waals surface area contributed by atoms with E-state index in [4.69, 9.17) is 5.73 Å². The minimum Gasteiger partial charge on any atom is -0.396 e. The van der Waals surface area contributed by atoms with Crippen molar-refractivity contribution in [1.29, 1.82) is 0 Å². The lowest BCUT2D eigenvalue weighted by atomic mass is 9.67. The molecule has 0 spiro atoms. The molecule has 0 saturated heterocycles. The lowest BCUT2D eigenvalue weighted by Crippen LogP contribution is -2.36. The van der Waals surface area contributed by atoms with Gasteiger partial charge in [0.05, 0.1) is 22.0 Å². The van der Waals surface area contributed by atoms with Gasteiger partial charge in [0.25, 0.3) is 0 Å². The van der Waals surface area contributed by atoms with E-state index in [1.54, 1.807) is 12.4 Å². The second kappa shape index (κ2) is 4.62. The smallest absolute Gasteiger partial charge is 0.0750 e. The fourth-order valence-corrected chi connectivity index (χ4v) is 2.73. The lowest BCUT2D eigenvalue weighted by Gasteiger charge is -2.41. The van der Waals surface area contributed by atoms with Crippen molar-refractivity contribution in [1.82, 2.24) is 4.98 Å². The molecule has 1 heterocycles. The van der Waals surface area contributed by atoms with Gasteiger partial charge in [-0.2, -0.15) is 0 Å². The molecule has 1 aromatic rings. The van der Waals surface area contributed by atoms with Crippen LogP contribution < -0.4 is 11.1 Å². The van der Waals surface area contributed by atoms with Crippen molar-refractivity contribution < 1.29 is 0 Å². The van der Waals surface area contributed by atoms with E-state index >= 15 is 0 Å². The molecule has 0 unspecified atom stereocenters. The van der Waals surface area contributed by atoms with Crippen molar-refractivity contribution in [3.63, 3.8) is 0 Å². The number of nitrogens with two attached hydrogens (primary N) is 1. The molecular weight excluding hydrogens is 266 g/mol. The highest BCUT2D eigenvalue weighted by molar-refractivity contribution is 9.10. The predicted molar refractivity (Wildman–Crippen MR) is 71.4 cm³/mol. The first-order chi connectivity index (χ1) is 7.67. The van der Waals surface area contributed by atoms with E-state index in [2.05, 4.69) is 33.2 Å². The van der Waals surface area contributed by atoms with Crippen LogP contribution >= 0.6 is 15.9 Å². The quantitative estimate of drug-likeness (QED) is 0.890. The van der Waals surface area contributed by atoms with Crippen molar-refractivity contribution in [3.8, 4) is 0 Å². The van der Waals surface area contributed by atoms with Crippen molar-refractivity contribution in [2.75, 3.05) is 17.6 Å². The number of hydrogen-bond donors (Lipinski definition) is 2. The number of nitrogens with one attached hydrogen (secondary N) is 1. The van der Waals surface area contributed by atoms with Gasteiger partial charge in [-0.05, 0) is 40.6 Å². The summed E-state index contributed by atoms with van der Waals surface area (Å²) in [6.07, 6.45) is 8.73. The van der Waals surface area contributed by atoms with Crippen molar-refractivity contribution in [3.05, 3.63) is 16.9 Å². The third-order valence-electron chi connectivity index (χ3n) is 3.73. The van der Waals surface area contributed by atoms with E-state index in [0.29, 0.717) is 11.1 Å². The third-order valence-corrected chi connectivity index (χ3v) is 4.33. The van der Waals surface area contributed by atoms with E-state index in [9.17, 15) is 0 Å². The van der Waals surface area contributed by atoms with Gasteiger partial charge in [0.2, 0.25) is 0 Å². The van der Waals surface area contributed by atoms with Gasteiger partial charge in [0.1, 0.15) is 0 Å². The largest absolute Gasteiger partial charge is 0.396 e. The van der Waals surface area contributed by atoms with Crippen LogP contribution in [0.1, 0.15) is 32.6 Å². The Labute approximate surface area is 105 Å². The molecule has 4 heteroatoms. The van der Waals surface area contributed by atoms with Gasteiger partial charge < -0.3 is 11.1 Å². The minimum atomic E-state index is 0.495. The first kappa shape index (κ1) is 11.7. The van der Waals surface area contributed by atoms with E-state index in [1.165, 1.54) is 25.7 Å². The van der Waals surface area contributed by atoms with Crippen LogP contribution in [0.3, 0.4) is 0 Å². The van der Waals surface area contributed by atoms with Crippen molar-refractivity contribution >= 4 is 27.3 Å². The van der Waals surface area contributed by atoms with Gasteiger partial charge in [-0.1, -0.05) is 13.3 Å². The van der Waals surface area contributed by atoms with Crippen LogP contribution in [-0.4, -0.2) is 11.5 Å². The summed E-state index contributed by atoms with van der Waals surface area (Å²) >= 11 is 3.47. The summed E-state index contributed by atoms with van der Waals surface area (Å²) in [6.45, 7) is 3.28. The SMILES string of the molecule is CCC1(CNc2c(N)cncc2Br)CCC1. The second-order valence-electron chi connectivity index (χ2n) is 4.65. The van der Waals surface area contributed by atoms with Crippen LogP contribution in [0.15, 0.2) is 16.9 Å². The van der Waals surface area contributed by atoms with Crippen LogP contribution in [0.4, 0.5) is 11.4 Å². The molecule has 88 valence electrons. The Balaban J connectivity index is 2.04. The number of hydrogen-bond acceptors (Lipinski definition) is 3. The zero-order chi connectivity index (χ0) is 11.6. The molecule has 0 aromatic carbocycles. The summed E-state index contributed by atoms with van der Waals surface area (Å²) < 4.78 is 0.943. The van der Waals surface area contributed by atoms with Gasteiger partial charge in [0, 0.05) is 12.7 Å². The number of pyridine rings is 1. The number of aromatic nitrogens is 1. The van der Waals surface area contributed by atoms with Gasteiger partial charge >= 0.3 is 0 Å². The summed E-state index contributed by atoms with van der Waals surface area (Å²) in [5, 5.41) is 3.46. The van der Waals surface area contributed by atoms with E-state index in [1.807, 2.05) is 0 Å². The molecule has 0 bridgehead atoms. The number of nitrogen functional groups attached to an aromatic ring is 1. The molecule has 0 atom stereocenters. The van der Waals surface area contributed by atoms with Gasteiger partial charge in [-0.15, -0.1) is 0 Å². The van der Waals surface area contributed by atoms with Gasteiger partial charge in [-0.25, -0.2) is 0 Å². The predicted octanol–water partition coefficient (Wildman–Crippen LogP) is 3.42. The molecule has 0 aliphatic heterocycles. The maximum atomic E-state index is 5.90. The Bertz CT molecular complexity index is 349. The minimum absolute atomic E-state index is 0.495. The van der Waals surface area contributed by atoms with Crippen LogP contribution in [0.25, 0.3) is 0 Å². The zero-order valence-corrected chi connectivity index (χ0v) is 11.2. The van der Waals surface area contributed by atoms with Crippen LogP contribution in [0, 0.1) is 5.41 Å². The number of anilines is 2. The molecule has 3 N–H and O–H groups in total. The molecular formula is C12H18BrN3. The highest BCUT2D eigenvalue weighted by atomic mass is 79.9. The summed E-state index contributed by atoms with van der Waals surface area (Å²) in [6, 6.07) is 0. The van der Waals surface area contributed by atoms with E-state index < -0.39 is 0 Å². The fourth-order valence-electron chi connectivity index (χ4n) is 2.24. The number of nitrogens with zero attached hydrogens (tertiary/aromatic N) is 1. The van der Waals surface area contributed by atoms with Crippen molar-refractivity contribution in [2.45, 2.75) is 32.6 Å². The molecule has 1 aliphatic carbocycles. The Hall–Kier alpha value is -0.770. The summed E-state index contributed by atoms with van der Waals surface area (Å²) in [7, 11) is 0.